The average molecular weight is 427 g/mol. The second kappa shape index (κ2) is 8.60. The Morgan fingerprint density at radius 3 is 2.43 bits per heavy atom. The Balaban J connectivity index is 1.82. The summed E-state index contributed by atoms with van der Waals surface area (Å²) in [6.07, 6.45) is 0. The molecule has 0 aliphatic heterocycles. The number of hydrogen-bond acceptors (Lipinski definition) is 5. The van der Waals surface area contributed by atoms with Crippen LogP contribution in [-0.4, -0.2) is 36.6 Å². The predicted molar refractivity (Wildman–Crippen MR) is 115 cm³/mol. The minimum Gasteiger partial charge on any atom is -0.324 e. The summed E-state index contributed by atoms with van der Waals surface area (Å²) in [5.74, 6) is -0.579. The fraction of sp³-hybridized carbons (Fsp3) is 0.190. The summed E-state index contributed by atoms with van der Waals surface area (Å²) in [5.41, 5.74) is 0.745. The third-order valence-electron chi connectivity index (χ3n) is 4.74. The molecular weight excluding hydrogens is 406 g/mol. The summed E-state index contributed by atoms with van der Waals surface area (Å²) >= 11 is 0. The zero-order valence-corrected chi connectivity index (χ0v) is 17.3. The molecule has 0 saturated carbocycles. The summed E-state index contributed by atoms with van der Waals surface area (Å²) < 4.78 is 27.2. The number of non-ortho nitro benzene ring substituents is 1. The lowest BCUT2D eigenvalue weighted by Crippen LogP contribution is -2.37. The highest BCUT2D eigenvalue weighted by molar-refractivity contribution is 7.89. The lowest BCUT2D eigenvalue weighted by molar-refractivity contribution is -0.384. The normalized spacial score (nSPS) is 11.6. The molecule has 3 aromatic rings. The van der Waals surface area contributed by atoms with Crippen molar-refractivity contribution in [1.29, 1.82) is 0 Å². The van der Waals surface area contributed by atoms with E-state index in [1.165, 1.54) is 24.3 Å². The Kier molecular flexibility index (Phi) is 6.14. The highest BCUT2D eigenvalue weighted by atomic mass is 32.2. The maximum absolute atomic E-state index is 13.1. The van der Waals surface area contributed by atoms with Gasteiger partial charge in [-0.2, -0.15) is 4.31 Å². The van der Waals surface area contributed by atoms with Crippen LogP contribution in [0.3, 0.4) is 0 Å². The number of likely N-dealkylation sites (N-methyl/N-ethyl adjacent to an activating group) is 1. The first-order valence-electron chi connectivity index (χ1n) is 9.26. The molecule has 3 rings (SSSR count). The van der Waals surface area contributed by atoms with Crippen LogP contribution >= 0.6 is 0 Å². The van der Waals surface area contributed by atoms with E-state index in [9.17, 15) is 23.3 Å². The first-order chi connectivity index (χ1) is 14.2. The molecule has 0 heterocycles. The predicted octanol–water partition coefficient (Wildman–Crippen LogP) is 3.71. The van der Waals surface area contributed by atoms with Crippen molar-refractivity contribution in [2.24, 2.45) is 0 Å². The molecule has 0 unspecified atom stereocenters. The zero-order chi connectivity index (χ0) is 21.9. The van der Waals surface area contributed by atoms with Crippen molar-refractivity contribution < 1.29 is 18.1 Å². The first kappa shape index (κ1) is 21.4. The van der Waals surface area contributed by atoms with Gasteiger partial charge in [0.05, 0.1) is 22.1 Å². The Morgan fingerprint density at radius 1 is 1.07 bits per heavy atom. The molecule has 0 fully saturated rings. The van der Waals surface area contributed by atoms with Gasteiger partial charge in [-0.25, -0.2) is 8.42 Å². The summed E-state index contributed by atoms with van der Waals surface area (Å²) in [4.78, 5) is 23.0. The molecule has 156 valence electrons. The zero-order valence-electron chi connectivity index (χ0n) is 16.5. The number of amides is 1. The molecule has 0 spiro atoms. The van der Waals surface area contributed by atoms with E-state index in [4.69, 9.17) is 0 Å². The van der Waals surface area contributed by atoms with E-state index in [2.05, 4.69) is 5.32 Å². The molecule has 8 nitrogen and oxygen atoms in total. The van der Waals surface area contributed by atoms with Gasteiger partial charge in [-0.15, -0.1) is 0 Å². The highest BCUT2D eigenvalue weighted by Crippen LogP contribution is 2.24. The minimum absolute atomic E-state index is 0.0937. The lowest BCUT2D eigenvalue weighted by atomic mass is 10.1. The Labute approximate surface area is 174 Å². The number of hydrogen-bond donors (Lipinski definition) is 1. The van der Waals surface area contributed by atoms with Gasteiger partial charge in [0, 0.05) is 18.7 Å². The molecule has 1 N–H and O–H groups in total. The van der Waals surface area contributed by atoms with Gasteiger partial charge in [0.2, 0.25) is 15.9 Å². The van der Waals surface area contributed by atoms with E-state index < -0.39 is 27.4 Å². The molecule has 9 heteroatoms. The van der Waals surface area contributed by atoms with Gasteiger partial charge in [-0.05, 0) is 35.4 Å². The molecule has 0 saturated heterocycles. The second-order valence-corrected chi connectivity index (χ2v) is 8.68. The summed E-state index contributed by atoms with van der Waals surface area (Å²) in [5, 5.41) is 15.2. The number of aryl methyl sites for hydroxylation is 1. The van der Waals surface area contributed by atoms with Crippen LogP contribution in [-0.2, 0) is 14.8 Å². The van der Waals surface area contributed by atoms with Crippen molar-refractivity contribution >= 4 is 38.1 Å². The van der Waals surface area contributed by atoms with Crippen LogP contribution in [0.25, 0.3) is 10.8 Å². The van der Waals surface area contributed by atoms with Gasteiger partial charge in [0.15, 0.2) is 0 Å². The van der Waals surface area contributed by atoms with E-state index in [-0.39, 0.29) is 22.8 Å². The van der Waals surface area contributed by atoms with Gasteiger partial charge in [-0.1, -0.05) is 43.3 Å². The van der Waals surface area contributed by atoms with Gasteiger partial charge in [-0.3, -0.25) is 14.9 Å². The van der Waals surface area contributed by atoms with Gasteiger partial charge in [0.25, 0.3) is 5.69 Å². The molecule has 1 amide bonds. The number of rotatable bonds is 7. The molecule has 0 bridgehead atoms. The smallest absolute Gasteiger partial charge is 0.271 e. The molecule has 0 aliphatic carbocycles. The molecule has 0 radical (unpaired) electrons. The van der Waals surface area contributed by atoms with Crippen molar-refractivity contribution in [1.82, 2.24) is 4.31 Å². The van der Waals surface area contributed by atoms with Crippen molar-refractivity contribution in [2.45, 2.75) is 18.7 Å². The van der Waals surface area contributed by atoms with Crippen LogP contribution in [0.1, 0.15) is 12.5 Å². The molecule has 0 atom stereocenters. The number of sulfonamides is 1. The standard InChI is InChI=1S/C21H21N3O5S/c1-3-23(14-21(25)22-20-13-18(24(26)27)10-8-15(20)2)30(28,29)19-11-9-16-6-4-5-7-17(16)12-19/h4-13H,3,14H2,1-2H3,(H,22,25). The summed E-state index contributed by atoms with van der Waals surface area (Å²) in [6.45, 7) is 3.03. The maximum Gasteiger partial charge on any atom is 0.271 e. The van der Waals surface area contributed by atoms with Crippen LogP contribution < -0.4 is 5.32 Å². The van der Waals surface area contributed by atoms with Gasteiger partial charge >= 0.3 is 0 Å². The molecule has 3 aromatic carbocycles. The number of carbonyl (C=O) groups excluding carboxylic acids is 1. The Hall–Kier alpha value is -3.30. The van der Waals surface area contributed by atoms with Crippen molar-refractivity contribution in [3.8, 4) is 0 Å². The number of anilines is 1. The van der Waals surface area contributed by atoms with E-state index in [0.717, 1.165) is 15.1 Å². The number of fused-ring (bicyclic) bond motifs is 1. The lowest BCUT2D eigenvalue weighted by Gasteiger charge is -2.20. The highest BCUT2D eigenvalue weighted by Gasteiger charge is 2.26. The van der Waals surface area contributed by atoms with E-state index in [1.807, 2.05) is 24.3 Å². The monoisotopic (exact) mass is 427 g/mol. The second-order valence-electron chi connectivity index (χ2n) is 6.74. The number of nitrogens with one attached hydrogen (secondary N) is 1. The van der Waals surface area contributed by atoms with Crippen LogP contribution in [0, 0.1) is 17.0 Å². The van der Waals surface area contributed by atoms with Gasteiger partial charge in [0.1, 0.15) is 0 Å². The number of nitro groups is 1. The number of benzene rings is 3. The van der Waals surface area contributed by atoms with Crippen molar-refractivity contribution in [3.05, 3.63) is 76.3 Å². The number of nitro benzene ring substituents is 1. The van der Waals surface area contributed by atoms with Crippen molar-refractivity contribution in [2.75, 3.05) is 18.4 Å². The van der Waals surface area contributed by atoms with E-state index >= 15 is 0 Å². The Bertz CT molecular complexity index is 1220. The third kappa shape index (κ3) is 4.47. The third-order valence-corrected chi connectivity index (χ3v) is 6.65. The quantitative estimate of drug-likeness (QED) is 0.457. The van der Waals surface area contributed by atoms with E-state index in [1.54, 1.807) is 26.0 Å². The summed E-state index contributed by atoms with van der Waals surface area (Å²) in [6, 6.07) is 16.3. The topological polar surface area (TPSA) is 110 Å². The van der Waals surface area contributed by atoms with Crippen LogP contribution in [0.4, 0.5) is 11.4 Å². The number of carbonyl (C=O) groups is 1. The summed E-state index contributed by atoms with van der Waals surface area (Å²) in [7, 11) is -3.90. The average Bonchev–Trinajstić information content (AvgIpc) is 2.72. The van der Waals surface area contributed by atoms with Crippen LogP contribution in [0.15, 0.2) is 65.6 Å². The van der Waals surface area contributed by atoms with E-state index in [0.29, 0.717) is 5.56 Å². The number of nitrogens with zero attached hydrogens (tertiary/aromatic N) is 2. The molecule has 0 aliphatic rings. The fourth-order valence-electron chi connectivity index (χ4n) is 3.05. The van der Waals surface area contributed by atoms with Crippen LogP contribution in [0.5, 0.6) is 0 Å². The molecule has 0 aromatic heterocycles. The molecular formula is C21H21N3O5S. The van der Waals surface area contributed by atoms with Crippen LogP contribution in [0.2, 0.25) is 0 Å². The Morgan fingerprint density at radius 2 is 1.77 bits per heavy atom. The van der Waals surface area contributed by atoms with Gasteiger partial charge < -0.3 is 5.32 Å². The SMILES string of the molecule is CCN(CC(=O)Nc1cc([N+](=O)[O-])ccc1C)S(=O)(=O)c1ccc2ccccc2c1. The van der Waals surface area contributed by atoms with Crippen molar-refractivity contribution in [3.63, 3.8) is 0 Å². The first-order valence-corrected chi connectivity index (χ1v) is 10.7. The maximum atomic E-state index is 13.1. The molecule has 30 heavy (non-hydrogen) atoms. The largest absolute Gasteiger partial charge is 0.324 e. The minimum atomic E-state index is -3.90. The fourth-order valence-corrected chi connectivity index (χ4v) is 4.49.